The van der Waals surface area contributed by atoms with E-state index in [0.717, 1.165) is 0 Å². The van der Waals surface area contributed by atoms with Gasteiger partial charge in [0.2, 0.25) is 0 Å². The maximum Gasteiger partial charge on any atom is 0.333 e. The third-order valence-corrected chi connectivity index (χ3v) is 5.13. The second-order valence-corrected chi connectivity index (χ2v) is 9.10. The lowest BCUT2D eigenvalue weighted by Gasteiger charge is -2.09. The van der Waals surface area contributed by atoms with Gasteiger partial charge in [-0.25, -0.2) is 9.59 Å². The SMILES string of the molecule is C=C(C)C(=O)OCCOCCOCCOCCOCCOCCOCCOCCOCCOCCOCCOCCOCC(=O)O. The van der Waals surface area contributed by atoms with Gasteiger partial charge >= 0.3 is 11.9 Å². The number of ether oxygens (including phenoxy) is 13. The third-order valence-electron chi connectivity index (χ3n) is 5.13. The minimum atomic E-state index is -1.000. The van der Waals surface area contributed by atoms with E-state index >= 15 is 0 Å². The van der Waals surface area contributed by atoms with E-state index in [4.69, 9.17) is 66.7 Å². The van der Waals surface area contributed by atoms with E-state index < -0.39 is 11.9 Å². The molecule has 0 aliphatic carbocycles. The summed E-state index contributed by atoms with van der Waals surface area (Å²) < 4.78 is 69.1. The first-order valence-electron chi connectivity index (χ1n) is 15.5. The fourth-order valence-corrected chi connectivity index (χ4v) is 2.90. The maximum atomic E-state index is 11.2. The Hall–Kier alpha value is -1.80. The molecule has 0 atom stereocenters. The van der Waals surface area contributed by atoms with Gasteiger partial charge in [-0.3, -0.25) is 0 Å². The number of esters is 1. The van der Waals surface area contributed by atoms with E-state index in [1.807, 2.05) is 0 Å². The van der Waals surface area contributed by atoms with Gasteiger partial charge in [-0.2, -0.15) is 0 Å². The van der Waals surface area contributed by atoms with Crippen LogP contribution in [-0.4, -0.2) is 182 Å². The van der Waals surface area contributed by atoms with Gasteiger partial charge in [0.15, 0.2) is 0 Å². The van der Waals surface area contributed by atoms with Crippen LogP contribution >= 0.6 is 0 Å². The number of carbonyl (C=O) groups excluding carboxylic acids is 1. The number of rotatable bonds is 39. The topological polar surface area (TPSA) is 174 Å². The van der Waals surface area contributed by atoms with Crippen LogP contribution < -0.4 is 0 Å². The van der Waals surface area contributed by atoms with Crippen molar-refractivity contribution in [1.82, 2.24) is 0 Å². The molecule has 16 heteroatoms. The van der Waals surface area contributed by atoms with Crippen molar-refractivity contribution in [1.29, 1.82) is 0 Å². The zero-order valence-electron chi connectivity index (χ0n) is 27.5. The Bertz CT molecular complexity index is 681. The van der Waals surface area contributed by atoms with Crippen LogP contribution in [0.4, 0.5) is 0 Å². The average Bonchev–Trinajstić information content (AvgIpc) is 3.03. The van der Waals surface area contributed by atoms with Crippen LogP contribution in [0.1, 0.15) is 6.92 Å². The molecule has 0 amide bonds. The molecule has 16 nitrogen and oxygen atoms in total. The van der Waals surface area contributed by atoms with Crippen LogP contribution in [0, 0.1) is 0 Å². The summed E-state index contributed by atoms with van der Waals surface area (Å²) in [6, 6.07) is 0. The Balaban J connectivity index is 3.07. The lowest BCUT2D eigenvalue weighted by molar-refractivity contribution is -0.143. The molecule has 0 fully saturated rings. The number of hydrogen-bond acceptors (Lipinski definition) is 15. The molecule has 0 unspecified atom stereocenters. The smallest absolute Gasteiger partial charge is 0.333 e. The van der Waals surface area contributed by atoms with Crippen LogP contribution in [0.3, 0.4) is 0 Å². The lowest BCUT2D eigenvalue weighted by atomic mass is 10.4. The van der Waals surface area contributed by atoms with E-state index in [0.29, 0.717) is 151 Å². The van der Waals surface area contributed by atoms with Crippen LogP contribution in [0.25, 0.3) is 0 Å². The second kappa shape index (κ2) is 37.7. The van der Waals surface area contributed by atoms with Crippen molar-refractivity contribution in [3.05, 3.63) is 12.2 Å². The Morgan fingerprint density at radius 3 is 0.783 bits per heavy atom. The first kappa shape index (κ1) is 44.2. The molecule has 0 spiro atoms. The van der Waals surface area contributed by atoms with Crippen LogP contribution in [0.5, 0.6) is 0 Å². The van der Waals surface area contributed by atoms with Gasteiger partial charge < -0.3 is 66.7 Å². The summed E-state index contributed by atoms with van der Waals surface area (Å²) in [5.74, 6) is -1.42. The monoisotopic (exact) mass is 672 g/mol. The highest BCUT2D eigenvalue weighted by Crippen LogP contribution is 1.92. The zero-order chi connectivity index (χ0) is 33.6. The molecule has 0 radical (unpaired) electrons. The lowest BCUT2D eigenvalue weighted by Crippen LogP contribution is -2.16. The largest absolute Gasteiger partial charge is 0.480 e. The Kier molecular flexibility index (Phi) is 36.2. The summed E-state index contributed by atoms with van der Waals surface area (Å²) in [5.41, 5.74) is 0.365. The molecule has 0 rings (SSSR count). The Morgan fingerprint density at radius 1 is 0.391 bits per heavy atom. The highest BCUT2D eigenvalue weighted by Gasteiger charge is 2.02. The van der Waals surface area contributed by atoms with Gasteiger partial charge in [0, 0.05) is 5.57 Å². The van der Waals surface area contributed by atoms with Gasteiger partial charge in [-0.15, -0.1) is 0 Å². The molecular weight excluding hydrogens is 616 g/mol. The molecule has 46 heavy (non-hydrogen) atoms. The summed E-state index contributed by atoms with van der Waals surface area (Å²) in [7, 11) is 0. The van der Waals surface area contributed by atoms with Crippen LogP contribution in [-0.2, 0) is 71.2 Å². The van der Waals surface area contributed by atoms with E-state index in [-0.39, 0.29) is 19.8 Å². The highest BCUT2D eigenvalue weighted by atomic mass is 16.6. The molecule has 0 aliphatic heterocycles. The van der Waals surface area contributed by atoms with Crippen LogP contribution in [0.2, 0.25) is 0 Å². The van der Waals surface area contributed by atoms with E-state index in [1.165, 1.54) is 0 Å². The van der Waals surface area contributed by atoms with Gasteiger partial charge in [0.25, 0.3) is 0 Å². The summed E-state index contributed by atoms with van der Waals surface area (Å²) in [4.78, 5) is 21.4. The quantitative estimate of drug-likeness (QED) is 0.0539. The van der Waals surface area contributed by atoms with E-state index in [9.17, 15) is 9.59 Å². The van der Waals surface area contributed by atoms with Crippen molar-refractivity contribution in [3.8, 4) is 0 Å². The summed E-state index contributed by atoms with van der Waals surface area (Å²) in [6.45, 7) is 15.1. The van der Waals surface area contributed by atoms with Crippen molar-refractivity contribution in [2.24, 2.45) is 0 Å². The molecule has 0 aromatic heterocycles. The fraction of sp³-hybridized carbons (Fsp3) is 0.867. The molecule has 0 aromatic carbocycles. The van der Waals surface area contributed by atoms with Gasteiger partial charge in [-0.05, 0) is 6.92 Å². The molecule has 1 N–H and O–H groups in total. The normalized spacial score (nSPS) is 11.2. The maximum absolute atomic E-state index is 11.2. The highest BCUT2D eigenvalue weighted by molar-refractivity contribution is 5.86. The predicted octanol–water partition coefficient (Wildman–Crippen LogP) is 0.390. The summed E-state index contributed by atoms with van der Waals surface area (Å²) in [6.07, 6.45) is 0. The minimum absolute atomic E-state index is 0.193. The van der Waals surface area contributed by atoms with Crippen molar-refractivity contribution in [2.45, 2.75) is 6.92 Å². The molecule has 272 valence electrons. The number of carboxylic acids is 1. The number of aliphatic carboxylic acids is 1. The molecule has 0 saturated heterocycles. The Morgan fingerprint density at radius 2 is 0.587 bits per heavy atom. The van der Waals surface area contributed by atoms with Crippen molar-refractivity contribution >= 4 is 11.9 Å². The molecule has 0 saturated carbocycles. The molecule has 0 bridgehead atoms. The number of carbonyl (C=O) groups is 2. The fourth-order valence-electron chi connectivity index (χ4n) is 2.90. The average molecular weight is 673 g/mol. The first-order valence-corrected chi connectivity index (χ1v) is 15.5. The zero-order valence-corrected chi connectivity index (χ0v) is 27.5. The van der Waals surface area contributed by atoms with Gasteiger partial charge in [0.05, 0.1) is 152 Å². The van der Waals surface area contributed by atoms with Crippen molar-refractivity contribution in [3.63, 3.8) is 0 Å². The molecular formula is C30H56O16. The minimum Gasteiger partial charge on any atom is -0.480 e. The number of hydrogen-bond donors (Lipinski definition) is 1. The van der Waals surface area contributed by atoms with E-state index in [1.54, 1.807) is 6.92 Å². The second-order valence-electron chi connectivity index (χ2n) is 9.10. The summed E-state index contributed by atoms with van der Waals surface area (Å²) >= 11 is 0. The molecule has 0 heterocycles. The number of carboxylic acid groups (broad SMARTS) is 1. The predicted molar refractivity (Wildman–Crippen MR) is 163 cm³/mol. The summed E-state index contributed by atoms with van der Waals surface area (Å²) in [5, 5.41) is 8.42. The molecule has 0 aromatic rings. The first-order chi connectivity index (χ1) is 22.5. The van der Waals surface area contributed by atoms with Crippen molar-refractivity contribution in [2.75, 3.05) is 165 Å². The molecule has 0 aliphatic rings. The van der Waals surface area contributed by atoms with Crippen molar-refractivity contribution < 1.29 is 76.3 Å². The van der Waals surface area contributed by atoms with Gasteiger partial charge in [0.1, 0.15) is 13.2 Å². The van der Waals surface area contributed by atoms with E-state index in [2.05, 4.69) is 6.58 Å². The van der Waals surface area contributed by atoms with Gasteiger partial charge in [-0.1, -0.05) is 6.58 Å². The third kappa shape index (κ3) is 38.4. The Labute approximate surface area is 272 Å². The standard InChI is InChI=1S/C30H56O16/c1-28(2)30(33)46-26-25-44-22-21-42-18-17-40-14-13-38-10-9-36-6-5-34-3-4-35-7-8-37-11-12-39-15-16-41-19-20-43-23-24-45-27-29(31)32/h1,3-27H2,2H3,(H,31,32). The van der Waals surface area contributed by atoms with Crippen LogP contribution in [0.15, 0.2) is 12.2 Å².